The van der Waals surface area contributed by atoms with Gasteiger partial charge >= 0.3 is 12.1 Å². The molecule has 0 saturated carbocycles. The predicted molar refractivity (Wildman–Crippen MR) is 83.0 cm³/mol. The van der Waals surface area contributed by atoms with Gasteiger partial charge in [0.15, 0.2) is 0 Å². The van der Waals surface area contributed by atoms with E-state index in [1.165, 1.54) is 11.0 Å². The van der Waals surface area contributed by atoms with Crippen LogP contribution in [0.3, 0.4) is 0 Å². The van der Waals surface area contributed by atoms with E-state index in [4.69, 9.17) is 4.74 Å². The fourth-order valence-electron chi connectivity index (χ4n) is 2.08. The van der Waals surface area contributed by atoms with Gasteiger partial charge in [0.1, 0.15) is 6.61 Å². The van der Waals surface area contributed by atoms with E-state index in [1.54, 1.807) is 25.1 Å². The molecule has 0 spiro atoms. The SMILES string of the molecule is CCN(C(=O)OCc1ccccc1)c1ccccc1C(=O)O. The highest BCUT2D eigenvalue weighted by Crippen LogP contribution is 2.21. The molecule has 0 radical (unpaired) electrons. The monoisotopic (exact) mass is 299 g/mol. The third-order valence-corrected chi connectivity index (χ3v) is 3.17. The van der Waals surface area contributed by atoms with E-state index in [0.717, 1.165) is 5.56 Å². The number of anilines is 1. The molecule has 0 saturated heterocycles. The molecule has 0 fully saturated rings. The first-order valence-corrected chi connectivity index (χ1v) is 6.94. The number of aromatic carboxylic acids is 1. The van der Waals surface area contributed by atoms with Crippen LogP contribution in [0.4, 0.5) is 10.5 Å². The van der Waals surface area contributed by atoms with Crippen LogP contribution in [0.15, 0.2) is 54.6 Å². The van der Waals surface area contributed by atoms with Crippen molar-refractivity contribution in [2.75, 3.05) is 11.4 Å². The van der Waals surface area contributed by atoms with Crippen molar-refractivity contribution in [3.63, 3.8) is 0 Å². The number of carbonyl (C=O) groups is 2. The summed E-state index contributed by atoms with van der Waals surface area (Å²) < 4.78 is 5.26. The molecule has 0 atom stereocenters. The third kappa shape index (κ3) is 3.63. The first-order chi connectivity index (χ1) is 10.6. The molecular weight excluding hydrogens is 282 g/mol. The van der Waals surface area contributed by atoms with E-state index >= 15 is 0 Å². The third-order valence-electron chi connectivity index (χ3n) is 3.17. The molecule has 5 heteroatoms. The lowest BCUT2D eigenvalue weighted by Crippen LogP contribution is -2.32. The molecule has 0 heterocycles. The molecule has 2 aromatic rings. The van der Waals surface area contributed by atoms with Crippen LogP contribution < -0.4 is 4.90 Å². The zero-order valence-electron chi connectivity index (χ0n) is 12.2. The average Bonchev–Trinajstić information content (AvgIpc) is 2.55. The van der Waals surface area contributed by atoms with E-state index in [0.29, 0.717) is 12.2 Å². The molecule has 1 N–H and O–H groups in total. The van der Waals surface area contributed by atoms with Gasteiger partial charge in [-0.2, -0.15) is 0 Å². The van der Waals surface area contributed by atoms with Crippen molar-refractivity contribution in [2.45, 2.75) is 13.5 Å². The number of ether oxygens (including phenoxy) is 1. The lowest BCUT2D eigenvalue weighted by atomic mass is 10.1. The Morgan fingerprint density at radius 1 is 1.05 bits per heavy atom. The normalized spacial score (nSPS) is 10.0. The number of carboxylic acids is 1. The van der Waals surface area contributed by atoms with Gasteiger partial charge in [-0.1, -0.05) is 42.5 Å². The Labute approximate surface area is 128 Å². The number of rotatable bonds is 5. The molecule has 5 nitrogen and oxygen atoms in total. The fraction of sp³-hybridized carbons (Fsp3) is 0.176. The van der Waals surface area contributed by atoms with Gasteiger partial charge in [-0.05, 0) is 24.6 Å². The summed E-state index contributed by atoms with van der Waals surface area (Å²) in [5.74, 6) is -1.08. The summed E-state index contributed by atoms with van der Waals surface area (Å²) >= 11 is 0. The standard InChI is InChI=1S/C17H17NO4/c1-2-18(15-11-7-6-10-14(15)16(19)20)17(21)22-12-13-8-4-3-5-9-13/h3-11H,2,12H2,1H3,(H,19,20). The van der Waals surface area contributed by atoms with Crippen molar-refractivity contribution < 1.29 is 19.4 Å². The van der Waals surface area contributed by atoms with Crippen molar-refractivity contribution in [1.29, 1.82) is 0 Å². The van der Waals surface area contributed by atoms with Crippen LogP contribution in [0.1, 0.15) is 22.8 Å². The number of hydrogen-bond acceptors (Lipinski definition) is 3. The Bertz CT molecular complexity index is 655. The van der Waals surface area contributed by atoms with Crippen LogP contribution in [-0.2, 0) is 11.3 Å². The topological polar surface area (TPSA) is 66.8 Å². The lowest BCUT2D eigenvalue weighted by molar-refractivity contribution is 0.0697. The van der Waals surface area contributed by atoms with E-state index in [2.05, 4.69) is 0 Å². The van der Waals surface area contributed by atoms with Gasteiger partial charge in [-0.15, -0.1) is 0 Å². The molecular formula is C17H17NO4. The largest absolute Gasteiger partial charge is 0.478 e. The minimum Gasteiger partial charge on any atom is -0.478 e. The van der Waals surface area contributed by atoms with E-state index in [9.17, 15) is 14.7 Å². The second-order valence-electron chi connectivity index (χ2n) is 4.61. The van der Waals surface area contributed by atoms with Crippen LogP contribution in [0.25, 0.3) is 0 Å². The maximum Gasteiger partial charge on any atom is 0.414 e. The van der Waals surface area contributed by atoms with Gasteiger partial charge in [-0.25, -0.2) is 9.59 Å². The highest BCUT2D eigenvalue weighted by atomic mass is 16.6. The molecule has 0 aliphatic heterocycles. The fourth-order valence-corrected chi connectivity index (χ4v) is 2.08. The summed E-state index contributed by atoms with van der Waals surface area (Å²) in [6.45, 7) is 2.23. The van der Waals surface area contributed by atoms with Crippen LogP contribution >= 0.6 is 0 Å². The molecule has 0 aliphatic carbocycles. The second kappa shape index (κ2) is 7.26. The lowest BCUT2D eigenvalue weighted by Gasteiger charge is -2.22. The van der Waals surface area contributed by atoms with Gasteiger partial charge in [0.05, 0.1) is 11.3 Å². The molecule has 0 aromatic heterocycles. The van der Waals surface area contributed by atoms with Gasteiger partial charge in [-0.3, -0.25) is 4.90 Å². The summed E-state index contributed by atoms with van der Waals surface area (Å²) in [6, 6.07) is 15.7. The number of amides is 1. The average molecular weight is 299 g/mol. The van der Waals surface area contributed by atoms with Crippen molar-refractivity contribution in [3.05, 3.63) is 65.7 Å². The van der Waals surface area contributed by atoms with Gasteiger partial charge in [0.2, 0.25) is 0 Å². The molecule has 1 amide bonds. The van der Waals surface area contributed by atoms with Crippen LogP contribution in [0, 0.1) is 0 Å². The van der Waals surface area contributed by atoms with Crippen molar-refractivity contribution in [2.24, 2.45) is 0 Å². The summed E-state index contributed by atoms with van der Waals surface area (Å²) in [6.07, 6.45) is -0.569. The summed E-state index contributed by atoms with van der Waals surface area (Å²) in [7, 11) is 0. The van der Waals surface area contributed by atoms with Crippen LogP contribution in [0.2, 0.25) is 0 Å². The smallest absolute Gasteiger partial charge is 0.414 e. The van der Waals surface area contributed by atoms with Crippen molar-refractivity contribution in [3.8, 4) is 0 Å². The van der Waals surface area contributed by atoms with E-state index in [1.807, 2.05) is 30.3 Å². The van der Waals surface area contributed by atoms with Gasteiger partial charge in [0, 0.05) is 6.54 Å². The molecule has 22 heavy (non-hydrogen) atoms. The molecule has 0 aliphatic rings. The molecule has 0 unspecified atom stereocenters. The Hall–Kier alpha value is -2.82. The first-order valence-electron chi connectivity index (χ1n) is 6.94. The number of benzene rings is 2. The zero-order valence-corrected chi connectivity index (χ0v) is 12.2. The van der Waals surface area contributed by atoms with E-state index in [-0.39, 0.29) is 12.2 Å². The summed E-state index contributed by atoms with van der Waals surface area (Å²) in [4.78, 5) is 24.8. The Morgan fingerprint density at radius 2 is 1.68 bits per heavy atom. The van der Waals surface area contributed by atoms with Crippen molar-refractivity contribution >= 4 is 17.7 Å². The van der Waals surface area contributed by atoms with Crippen LogP contribution in [-0.4, -0.2) is 23.7 Å². The van der Waals surface area contributed by atoms with Gasteiger partial charge in [0.25, 0.3) is 0 Å². The highest BCUT2D eigenvalue weighted by molar-refractivity contribution is 5.99. The van der Waals surface area contributed by atoms with Crippen molar-refractivity contribution in [1.82, 2.24) is 0 Å². The number of carbonyl (C=O) groups excluding carboxylic acids is 1. The number of nitrogens with zero attached hydrogens (tertiary/aromatic N) is 1. The summed E-state index contributed by atoms with van der Waals surface area (Å²) in [5.41, 5.74) is 1.27. The number of carboxylic acid groups (broad SMARTS) is 1. The maximum atomic E-state index is 12.2. The number of hydrogen-bond donors (Lipinski definition) is 1. The number of para-hydroxylation sites is 1. The minimum atomic E-state index is -1.08. The highest BCUT2D eigenvalue weighted by Gasteiger charge is 2.21. The minimum absolute atomic E-state index is 0.0704. The summed E-state index contributed by atoms with van der Waals surface area (Å²) in [5, 5.41) is 9.22. The Kier molecular flexibility index (Phi) is 5.14. The van der Waals surface area contributed by atoms with E-state index < -0.39 is 12.1 Å². The maximum absolute atomic E-state index is 12.2. The molecule has 0 bridgehead atoms. The van der Waals surface area contributed by atoms with Crippen LogP contribution in [0.5, 0.6) is 0 Å². The Morgan fingerprint density at radius 3 is 2.32 bits per heavy atom. The molecule has 2 rings (SSSR count). The quantitative estimate of drug-likeness (QED) is 0.917. The van der Waals surface area contributed by atoms with Gasteiger partial charge < -0.3 is 9.84 Å². The second-order valence-corrected chi connectivity index (χ2v) is 4.61. The zero-order chi connectivity index (χ0) is 15.9. The molecule has 114 valence electrons. The first kappa shape index (κ1) is 15.6. The Balaban J connectivity index is 2.14. The predicted octanol–water partition coefficient (Wildman–Crippen LogP) is 3.55. The molecule has 2 aromatic carbocycles.